The summed E-state index contributed by atoms with van der Waals surface area (Å²) in [6.07, 6.45) is 3.46. The fraction of sp³-hybridized carbons (Fsp3) is 0.619. The lowest BCUT2D eigenvalue weighted by molar-refractivity contribution is -0.145. The summed E-state index contributed by atoms with van der Waals surface area (Å²) in [6, 6.07) is 9.11. The van der Waals surface area contributed by atoms with Gasteiger partial charge in [0.25, 0.3) is 0 Å². The Morgan fingerprint density at radius 3 is 2.32 bits per heavy atom. The predicted octanol–water partition coefficient (Wildman–Crippen LogP) is 1.78. The number of aliphatic hydroxyl groups excluding tert-OH is 1. The molecule has 0 radical (unpaired) electrons. The Morgan fingerprint density at radius 2 is 1.82 bits per heavy atom. The fourth-order valence-corrected chi connectivity index (χ4v) is 4.71. The van der Waals surface area contributed by atoms with Crippen LogP contribution in [0.3, 0.4) is 0 Å². The molecule has 2 fully saturated rings. The number of ether oxygens (including phenoxy) is 1. The number of aliphatic hydroxyl groups is 1. The molecule has 3 rings (SSSR count). The van der Waals surface area contributed by atoms with Gasteiger partial charge < -0.3 is 19.6 Å². The number of amides is 2. The number of esters is 1. The van der Waals surface area contributed by atoms with E-state index in [1.807, 2.05) is 35.2 Å². The zero-order valence-electron chi connectivity index (χ0n) is 16.9. The number of methoxy groups -OCH3 is 1. The third-order valence-corrected chi connectivity index (χ3v) is 6.06. The second kappa shape index (κ2) is 8.92. The summed E-state index contributed by atoms with van der Waals surface area (Å²) in [5.74, 6) is -0.250. The summed E-state index contributed by atoms with van der Waals surface area (Å²) >= 11 is 0. The highest BCUT2D eigenvalue weighted by molar-refractivity contribution is 5.77. The normalized spacial score (nSPS) is 25.9. The molecule has 2 heterocycles. The standard InChI is InChI=1S/C21H31N3O4/c1-23(2)21(27)24-16-9-10-17(24)12-15(11-16)19(20(26)28-3)22-18(13-25)14-7-5-4-6-8-14/h4-8,15-19,22,25H,9-13H2,1-3H3/t15?,16?,17?,18-,19-/m0/s1. The number of benzene rings is 1. The van der Waals surface area contributed by atoms with Crippen LogP contribution in [0, 0.1) is 5.92 Å². The number of nitrogens with zero attached hydrogens (tertiary/aromatic N) is 2. The van der Waals surface area contributed by atoms with Gasteiger partial charge in [0, 0.05) is 26.2 Å². The molecule has 2 aliphatic heterocycles. The molecule has 2 N–H and O–H groups in total. The first kappa shape index (κ1) is 20.6. The highest BCUT2D eigenvalue weighted by atomic mass is 16.5. The van der Waals surface area contributed by atoms with E-state index in [0.717, 1.165) is 31.2 Å². The molecule has 0 aromatic heterocycles. The third-order valence-electron chi connectivity index (χ3n) is 6.06. The van der Waals surface area contributed by atoms with Crippen LogP contribution in [0.5, 0.6) is 0 Å². The second-order valence-electron chi connectivity index (χ2n) is 8.01. The van der Waals surface area contributed by atoms with E-state index < -0.39 is 6.04 Å². The quantitative estimate of drug-likeness (QED) is 0.725. The molecular weight excluding hydrogens is 358 g/mol. The van der Waals surface area contributed by atoms with Crippen LogP contribution in [0.1, 0.15) is 37.3 Å². The Bertz CT molecular complexity index is 667. The molecule has 4 atom stereocenters. The molecule has 1 aromatic rings. The van der Waals surface area contributed by atoms with E-state index >= 15 is 0 Å². The number of fused-ring (bicyclic) bond motifs is 2. The van der Waals surface area contributed by atoms with E-state index in [-0.39, 0.29) is 42.7 Å². The maximum absolute atomic E-state index is 12.6. The first-order valence-corrected chi connectivity index (χ1v) is 9.95. The van der Waals surface area contributed by atoms with Crippen LogP contribution in [-0.4, -0.2) is 72.8 Å². The van der Waals surface area contributed by atoms with Crippen LogP contribution < -0.4 is 5.32 Å². The van der Waals surface area contributed by atoms with Crippen molar-refractivity contribution in [3.63, 3.8) is 0 Å². The fourth-order valence-electron chi connectivity index (χ4n) is 4.71. The molecule has 28 heavy (non-hydrogen) atoms. The van der Waals surface area contributed by atoms with Crippen molar-refractivity contribution >= 4 is 12.0 Å². The van der Waals surface area contributed by atoms with Gasteiger partial charge in [-0.2, -0.15) is 0 Å². The molecule has 2 saturated heterocycles. The number of hydrogen-bond acceptors (Lipinski definition) is 5. The van der Waals surface area contributed by atoms with Crippen molar-refractivity contribution in [2.45, 2.75) is 49.9 Å². The summed E-state index contributed by atoms with van der Waals surface area (Å²) < 4.78 is 5.08. The van der Waals surface area contributed by atoms with Crippen LogP contribution in [0.15, 0.2) is 30.3 Å². The molecule has 2 bridgehead atoms. The monoisotopic (exact) mass is 389 g/mol. The van der Waals surface area contributed by atoms with Crippen molar-refractivity contribution in [1.82, 2.24) is 15.1 Å². The summed E-state index contributed by atoms with van der Waals surface area (Å²) in [5, 5.41) is 13.2. The minimum Gasteiger partial charge on any atom is -0.468 e. The van der Waals surface area contributed by atoms with Crippen molar-refractivity contribution in [2.75, 3.05) is 27.8 Å². The van der Waals surface area contributed by atoms with Crippen LogP contribution in [0.4, 0.5) is 4.79 Å². The SMILES string of the molecule is COC(=O)[C@@H](N[C@@H](CO)c1ccccc1)C1CC2CCC(C1)N2C(=O)N(C)C. The van der Waals surface area contributed by atoms with E-state index in [1.165, 1.54) is 7.11 Å². The summed E-state index contributed by atoms with van der Waals surface area (Å²) in [7, 11) is 4.95. The number of hydrogen-bond donors (Lipinski definition) is 2. The van der Waals surface area contributed by atoms with Gasteiger partial charge in [-0.1, -0.05) is 30.3 Å². The average Bonchev–Trinajstić information content (AvgIpc) is 2.97. The van der Waals surface area contributed by atoms with Gasteiger partial charge in [-0.05, 0) is 37.2 Å². The average molecular weight is 389 g/mol. The largest absolute Gasteiger partial charge is 0.468 e. The van der Waals surface area contributed by atoms with E-state index in [9.17, 15) is 14.7 Å². The Labute approximate surface area is 166 Å². The Kier molecular flexibility index (Phi) is 6.57. The predicted molar refractivity (Wildman–Crippen MR) is 106 cm³/mol. The van der Waals surface area contributed by atoms with Gasteiger partial charge >= 0.3 is 12.0 Å². The number of nitrogens with one attached hydrogen (secondary N) is 1. The van der Waals surface area contributed by atoms with Crippen LogP contribution in [-0.2, 0) is 9.53 Å². The lowest BCUT2D eigenvalue weighted by Crippen LogP contribution is -2.55. The minimum atomic E-state index is -0.512. The molecule has 2 unspecified atom stereocenters. The molecular formula is C21H31N3O4. The van der Waals surface area contributed by atoms with Crippen LogP contribution >= 0.6 is 0 Å². The van der Waals surface area contributed by atoms with Crippen LogP contribution in [0.25, 0.3) is 0 Å². The van der Waals surface area contributed by atoms with Gasteiger partial charge in [0.15, 0.2) is 0 Å². The van der Waals surface area contributed by atoms with Crippen molar-refractivity contribution in [3.8, 4) is 0 Å². The maximum atomic E-state index is 12.6. The number of carbonyl (C=O) groups excluding carboxylic acids is 2. The summed E-state index contributed by atoms with van der Waals surface area (Å²) in [5.41, 5.74) is 0.932. The lowest BCUT2D eigenvalue weighted by Gasteiger charge is -2.42. The van der Waals surface area contributed by atoms with Crippen LogP contribution in [0.2, 0.25) is 0 Å². The van der Waals surface area contributed by atoms with Gasteiger partial charge in [-0.25, -0.2) is 4.79 Å². The Morgan fingerprint density at radius 1 is 1.21 bits per heavy atom. The highest BCUT2D eigenvalue weighted by Crippen LogP contribution is 2.41. The van der Waals surface area contributed by atoms with Gasteiger partial charge in [0.2, 0.25) is 0 Å². The number of rotatable bonds is 6. The first-order chi connectivity index (χ1) is 13.5. The molecule has 1 aromatic carbocycles. The van der Waals surface area contributed by atoms with Crippen molar-refractivity contribution in [2.24, 2.45) is 5.92 Å². The minimum absolute atomic E-state index is 0.0473. The Hall–Kier alpha value is -2.12. The van der Waals surface area contributed by atoms with Crippen molar-refractivity contribution in [1.29, 1.82) is 0 Å². The third kappa shape index (κ3) is 4.15. The maximum Gasteiger partial charge on any atom is 0.323 e. The van der Waals surface area contributed by atoms with Gasteiger partial charge in [-0.3, -0.25) is 10.1 Å². The van der Waals surface area contributed by atoms with Gasteiger partial charge in [0.1, 0.15) is 6.04 Å². The molecule has 0 spiro atoms. The van der Waals surface area contributed by atoms with Gasteiger partial charge in [-0.15, -0.1) is 0 Å². The zero-order valence-corrected chi connectivity index (χ0v) is 16.9. The molecule has 2 amide bonds. The Balaban J connectivity index is 1.76. The van der Waals surface area contributed by atoms with E-state index in [4.69, 9.17) is 4.74 Å². The van der Waals surface area contributed by atoms with E-state index in [0.29, 0.717) is 0 Å². The first-order valence-electron chi connectivity index (χ1n) is 9.95. The molecule has 7 heteroatoms. The van der Waals surface area contributed by atoms with Crippen molar-refractivity contribution < 1.29 is 19.4 Å². The number of carbonyl (C=O) groups is 2. The molecule has 154 valence electrons. The lowest BCUT2D eigenvalue weighted by atomic mass is 9.84. The topological polar surface area (TPSA) is 82.1 Å². The van der Waals surface area contributed by atoms with Gasteiger partial charge in [0.05, 0.1) is 19.8 Å². The second-order valence-corrected chi connectivity index (χ2v) is 8.01. The van der Waals surface area contributed by atoms with Crippen molar-refractivity contribution in [3.05, 3.63) is 35.9 Å². The molecule has 0 aliphatic carbocycles. The van der Waals surface area contributed by atoms with E-state index in [1.54, 1.807) is 19.0 Å². The highest BCUT2D eigenvalue weighted by Gasteiger charge is 2.47. The summed E-state index contributed by atoms with van der Waals surface area (Å²) in [4.78, 5) is 28.8. The number of urea groups is 1. The molecule has 7 nitrogen and oxygen atoms in total. The molecule has 0 saturated carbocycles. The molecule has 2 aliphatic rings. The summed E-state index contributed by atoms with van der Waals surface area (Å²) in [6.45, 7) is -0.109. The van der Waals surface area contributed by atoms with E-state index in [2.05, 4.69) is 5.32 Å². The zero-order chi connectivity index (χ0) is 20.3. The smallest absolute Gasteiger partial charge is 0.323 e. The number of piperidine rings is 1.